The molecule has 2 amide bonds. The van der Waals surface area contributed by atoms with Crippen LogP contribution in [0.1, 0.15) is 31.4 Å². The minimum Gasteiger partial charge on any atom is -0.309 e. The molecule has 0 bridgehead atoms. The molecule has 0 spiro atoms. The van der Waals surface area contributed by atoms with E-state index < -0.39 is 0 Å². The minimum absolute atomic E-state index is 0.220. The monoisotopic (exact) mass is 370 g/mol. The summed E-state index contributed by atoms with van der Waals surface area (Å²) in [5.41, 5.74) is 0.925. The van der Waals surface area contributed by atoms with Crippen molar-refractivity contribution in [1.82, 2.24) is 19.7 Å². The van der Waals surface area contributed by atoms with Gasteiger partial charge >= 0.3 is 0 Å². The Bertz CT molecular complexity index is 914. The Morgan fingerprint density at radius 1 is 1.04 bits per heavy atom. The average molecular weight is 370 g/mol. The quantitative estimate of drug-likeness (QED) is 0.510. The van der Waals surface area contributed by atoms with Gasteiger partial charge in [0.25, 0.3) is 11.8 Å². The average Bonchev–Trinajstić information content (AvgIpc) is 3.31. The third-order valence-electron chi connectivity index (χ3n) is 4.04. The van der Waals surface area contributed by atoms with E-state index >= 15 is 0 Å². The number of nitrogens with zero attached hydrogens (tertiary/aromatic N) is 4. The molecule has 1 aliphatic heterocycles. The molecule has 4 rings (SSSR count). The largest absolute Gasteiger partial charge is 0.309 e. The zero-order chi connectivity index (χ0) is 17.4. The standard InChI is InChI=1S/C17H14N4O2S2/c1-20-14(9-11-5-4-8-24-11)18-19-17(20)25-10-21-15(22)12-6-2-3-7-13(12)16(21)23/h2-8H,9-10H2,1H3. The molecular weight excluding hydrogens is 356 g/mol. The van der Waals surface area contributed by atoms with Crippen molar-refractivity contribution < 1.29 is 9.59 Å². The Morgan fingerprint density at radius 3 is 2.40 bits per heavy atom. The maximum absolute atomic E-state index is 12.4. The molecule has 3 aromatic rings. The van der Waals surface area contributed by atoms with Crippen LogP contribution in [0, 0.1) is 0 Å². The first kappa shape index (κ1) is 16.0. The number of thiophene rings is 1. The first-order valence-electron chi connectivity index (χ1n) is 7.64. The normalized spacial score (nSPS) is 13.6. The van der Waals surface area contributed by atoms with Crippen molar-refractivity contribution in [3.05, 3.63) is 63.6 Å². The van der Waals surface area contributed by atoms with Crippen LogP contribution in [0.3, 0.4) is 0 Å². The van der Waals surface area contributed by atoms with Gasteiger partial charge in [0.15, 0.2) is 5.16 Å². The van der Waals surface area contributed by atoms with Crippen molar-refractivity contribution in [3.63, 3.8) is 0 Å². The summed E-state index contributed by atoms with van der Waals surface area (Å²) in [5.74, 6) is 0.563. The predicted octanol–water partition coefficient (Wildman–Crippen LogP) is 2.81. The molecular formula is C17H14N4O2S2. The van der Waals surface area contributed by atoms with E-state index in [0.29, 0.717) is 16.3 Å². The fourth-order valence-corrected chi connectivity index (χ4v) is 4.25. The molecule has 126 valence electrons. The maximum Gasteiger partial charge on any atom is 0.262 e. The van der Waals surface area contributed by atoms with Crippen LogP contribution >= 0.6 is 23.1 Å². The molecule has 25 heavy (non-hydrogen) atoms. The third-order valence-corrected chi connectivity index (χ3v) is 5.92. The lowest BCUT2D eigenvalue weighted by Crippen LogP contribution is -2.29. The lowest BCUT2D eigenvalue weighted by Gasteiger charge is -2.12. The SMILES string of the molecule is Cn1c(Cc2cccs2)nnc1SCN1C(=O)c2ccccc2C1=O. The van der Waals surface area contributed by atoms with Gasteiger partial charge in [0, 0.05) is 18.3 Å². The summed E-state index contributed by atoms with van der Waals surface area (Å²) >= 11 is 3.01. The summed E-state index contributed by atoms with van der Waals surface area (Å²) in [6, 6.07) is 11.0. The van der Waals surface area contributed by atoms with Crippen LogP contribution < -0.4 is 0 Å². The van der Waals surface area contributed by atoms with Gasteiger partial charge < -0.3 is 4.57 Å². The highest BCUT2D eigenvalue weighted by atomic mass is 32.2. The minimum atomic E-state index is -0.255. The lowest BCUT2D eigenvalue weighted by atomic mass is 10.1. The van der Waals surface area contributed by atoms with E-state index in [1.165, 1.54) is 21.5 Å². The van der Waals surface area contributed by atoms with Gasteiger partial charge in [0.1, 0.15) is 5.82 Å². The second kappa shape index (κ2) is 6.45. The maximum atomic E-state index is 12.4. The van der Waals surface area contributed by atoms with Gasteiger partial charge in [0.05, 0.1) is 17.0 Å². The number of hydrogen-bond donors (Lipinski definition) is 0. The molecule has 0 atom stereocenters. The summed E-state index contributed by atoms with van der Waals surface area (Å²) < 4.78 is 1.91. The van der Waals surface area contributed by atoms with Crippen LogP contribution in [-0.4, -0.2) is 37.4 Å². The fraction of sp³-hybridized carbons (Fsp3) is 0.176. The van der Waals surface area contributed by atoms with Crippen LogP contribution in [0.25, 0.3) is 0 Å². The molecule has 0 fully saturated rings. The van der Waals surface area contributed by atoms with E-state index in [2.05, 4.69) is 16.3 Å². The van der Waals surface area contributed by atoms with E-state index in [4.69, 9.17) is 0 Å². The molecule has 1 aromatic carbocycles. The molecule has 0 saturated heterocycles. The molecule has 6 nitrogen and oxygen atoms in total. The zero-order valence-electron chi connectivity index (χ0n) is 13.4. The van der Waals surface area contributed by atoms with Crippen molar-refractivity contribution >= 4 is 34.9 Å². The molecule has 3 heterocycles. The first-order chi connectivity index (χ1) is 12.1. The van der Waals surface area contributed by atoms with Gasteiger partial charge in [-0.05, 0) is 23.6 Å². The second-order valence-corrected chi connectivity index (χ2v) is 7.52. The van der Waals surface area contributed by atoms with Gasteiger partial charge in [-0.15, -0.1) is 21.5 Å². The number of thioether (sulfide) groups is 1. The lowest BCUT2D eigenvalue weighted by molar-refractivity contribution is 0.0684. The number of aromatic nitrogens is 3. The van der Waals surface area contributed by atoms with Gasteiger partial charge in [-0.2, -0.15) is 0 Å². The van der Waals surface area contributed by atoms with Crippen molar-refractivity contribution in [2.45, 2.75) is 11.6 Å². The number of rotatable bonds is 5. The van der Waals surface area contributed by atoms with Crippen LogP contribution in [0.15, 0.2) is 46.9 Å². The number of imide groups is 1. The summed E-state index contributed by atoms with van der Waals surface area (Å²) in [6.45, 7) is 0. The third kappa shape index (κ3) is 2.87. The highest BCUT2D eigenvalue weighted by Gasteiger charge is 2.35. The molecule has 1 aliphatic rings. The van der Waals surface area contributed by atoms with E-state index in [-0.39, 0.29) is 17.7 Å². The van der Waals surface area contributed by atoms with Gasteiger partial charge in [-0.1, -0.05) is 30.0 Å². The van der Waals surface area contributed by atoms with Crippen molar-refractivity contribution in [2.75, 3.05) is 5.88 Å². The second-order valence-electron chi connectivity index (χ2n) is 5.57. The Balaban J connectivity index is 1.47. The highest BCUT2D eigenvalue weighted by molar-refractivity contribution is 7.99. The zero-order valence-corrected chi connectivity index (χ0v) is 15.0. The number of hydrogen-bond acceptors (Lipinski definition) is 6. The number of carbonyl (C=O) groups is 2. The highest BCUT2D eigenvalue weighted by Crippen LogP contribution is 2.26. The molecule has 0 saturated carbocycles. The number of fused-ring (bicyclic) bond motifs is 1. The number of amides is 2. The summed E-state index contributed by atoms with van der Waals surface area (Å²) in [4.78, 5) is 27.2. The molecule has 2 aromatic heterocycles. The molecule has 0 N–H and O–H groups in total. The Hall–Kier alpha value is -2.45. The van der Waals surface area contributed by atoms with Gasteiger partial charge in [0.2, 0.25) is 0 Å². The molecule has 0 radical (unpaired) electrons. The van der Waals surface area contributed by atoms with E-state index in [1.54, 1.807) is 35.6 Å². The Kier molecular flexibility index (Phi) is 4.14. The van der Waals surface area contributed by atoms with Gasteiger partial charge in [-0.25, -0.2) is 0 Å². The predicted molar refractivity (Wildman–Crippen MR) is 95.8 cm³/mol. The first-order valence-corrected chi connectivity index (χ1v) is 9.50. The smallest absolute Gasteiger partial charge is 0.262 e. The van der Waals surface area contributed by atoms with E-state index in [9.17, 15) is 9.59 Å². The topological polar surface area (TPSA) is 68.1 Å². The fourth-order valence-electron chi connectivity index (χ4n) is 2.67. The summed E-state index contributed by atoms with van der Waals surface area (Å²) in [6.07, 6.45) is 0.717. The number of carbonyl (C=O) groups excluding carboxylic acids is 2. The van der Waals surface area contributed by atoms with Crippen LogP contribution in [0.5, 0.6) is 0 Å². The Morgan fingerprint density at radius 2 is 1.76 bits per heavy atom. The van der Waals surface area contributed by atoms with Crippen LogP contribution in [0.4, 0.5) is 0 Å². The molecule has 0 unspecified atom stereocenters. The van der Waals surface area contributed by atoms with E-state index in [1.807, 2.05) is 23.1 Å². The van der Waals surface area contributed by atoms with Crippen molar-refractivity contribution in [3.8, 4) is 0 Å². The van der Waals surface area contributed by atoms with Crippen LogP contribution in [0.2, 0.25) is 0 Å². The van der Waals surface area contributed by atoms with Crippen molar-refractivity contribution in [1.29, 1.82) is 0 Å². The number of benzene rings is 1. The molecule has 0 aliphatic carbocycles. The van der Waals surface area contributed by atoms with Gasteiger partial charge in [-0.3, -0.25) is 14.5 Å². The van der Waals surface area contributed by atoms with Crippen molar-refractivity contribution in [2.24, 2.45) is 7.05 Å². The Labute approximate surface area is 152 Å². The molecule has 8 heteroatoms. The van der Waals surface area contributed by atoms with E-state index in [0.717, 1.165) is 12.2 Å². The van der Waals surface area contributed by atoms with Crippen LogP contribution in [-0.2, 0) is 13.5 Å². The summed E-state index contributed by atoms with van der Waals surface area (Å²) in [7, 11) is 1.90. The summed E-state index contributed by atoms with van der Waals surface area (Å²) in [5, 5.41) is 11.1.